The fourth-order valence-corrected chi connectivity index (χ4v) is 3.19. The molecule has 2 aromatic rings. The van der Waals surface area contributed by atoms with Crippen molar-refractivity contribution in [3.05, 3.63) is 51.9 Å². The molecule has 0 aliphatic heterocycles. The highest BCUT2D eigenvalue weighted by Gasteiger charge is 2.21. The molecule has 122 valence electrons. The minimum atomic E-state index is -0.407. The highest BCUT2D eigenvalue weighted by Crippen LogP contribution is 2.33. The van der Waals surface area contributed by atoms with Crippen molar-refractivity contribution >= 4 is 28.2 Å². The lowest BCUT2D eigenvalue weighted by Gasteiger charge is -2.08. The summed E-state index contributed by atoms with van der Waals surface area (Å²) in [7, 11) is 0. The molecule has 1 aromatic heterocycles. The standard InChI is InChI=1S/C18H21NO3S/c1-5-22-18(21)14-10-15(11(2)3)23-17(14)19-16(20)13-9-7-6-8-12(13)4/h6-11H,5H2,1-4H3,(H,19,20). The first kappa shape index (κ1) is 17.2. The number of carbonyl (C=O) groups is 2. The molecule has 2 rings (SSSR count). The Morgan fingerprint density at radius 3 is 2.52 bits per heavy atom. The number of carbonyl (C=O) groups excluding carboxylic acids is 2. The van der Waals surface area contributed by atoms with Crippen molar-refractivity contribution in [3.63, 3.8) is 0 Å². The van der Waals surface area contributed by atoms with Crippen LogP contribution < -0.4 is 5.32 Å². The van der Waals surface area contributed by atoms with Gasteiger partial charge in [-0.15, -0.1) is 11.3 Å². The number of hydrogen-bond donors (Lipinski definition) is 1. The van der Waals surface area contributed by atoms with E-state index in [0.29, 0.717) is 22.7 Å². The Morgan fingerprint density at radius 2 is 1.91 bits per heavy atom. The lowest BCUT2D eigenvalue weighted by Crippen LogP contribution is -2.15. The summed E-state index contributed by atoms with van der Waals surface area (Å²) in [5.41, 5.74) is 1.91. The molecule has 0 radical (unpaired) electrons. The van der Waals surface area contributed by atoms with E-state index in [2.05, 4.69) is 5.32 Å². The molecule has 0 saturated carbocycles. The van der Waals surface area contributed by atoms with Crippen LogP contribution in [0.5, 0.6) is 0 Å². The van der Waals surface area contributed by atoms with Gasteiger partial charge in [-0.1, -0.05) is 32.0 Å². The molecule has 1 amide bonds. The number of aryl methyl sites for hydroxylation is 1. The van der Waals surface area contributed by atoms with Gasteiger partial charge in [0.1, 0.15) is 5.00 Å². The molecule has 0 bridgehead atoms. The van der Waals surface area contributed by atoms with Gasteiger partial charge in [0.05, 0.1) is 12.2 Å². The summed E-state index contributed by atoms with van der Waals surface area (Å²) in [5, 5.41) is 3.40. The van der Waals surface area contributed by atoms with Crippen LogP contribution in [-0.4, -0.2) is 18.5 Å². The van der Waals surface area contributed by atoms with Gasteiger partial charge in [0.25, 0.3) is 5.91 Å². The number of esters is 1. The molecule has 0 saturated heterocycles. The topological polar surface area (TPSA) is 55.4 Å². The Morgan fingerprint density at radius 1 is 1.22 bits per heavy atom. The monoisotopic (exact) mass is 331 g/mol. The third-order valence-electron chi connectivity index (χ3n) is 3.43. The fourth-order valence-electron chi connectivity index (χ4n) is 2.15. The van der Waals surface area contributed by atoms with Crippen LogP contribution in [-0.2, 0) is 4.74 Å². The summed E-state index contributed by atoms with van der Waals surface area (Å²) in [4.78, 5) is 25.6. The largest absolute Gasteiger partial charge is 0.462 e. The molecule has 0 aliphatic rings. The van der Waals surface area contributed by atoms with Crippen LogP contribution in [0.25, 0.3) is 0 Å². The van der Waals surface area contributed by atoms with Crippen molar-refractivity contribution in [2.24, 2.45) is 0 Å². The fraction of sp³-hybridized carbons (Fsp3) is 0.333. The number of amides is 1. The van der Waals surface area contributed by atoms with E-state index in [4.69, 9.17) is 4.74 Å². The molecule has 1 aromatic carbocycles. The van der Waals surface area contributed by atoms with Gasteiger partial charge in [-0.05, 0) is 37.5 Å². The van der Waals surface area contributed by atoms with E-state index in [1.165, 1.54) is 11.3 Å². The first-order valence-corrected chi connectivity index (χ1v) is 8.43. The highest BCUT2D eigenvalue weighted by molar-refractivity contribution is 7.16. The molecular weight excluding hydrogens is 310 g/mol. The molecule has 0 spiro atoms. The van der Waals surface area contributed by atoms with Crippen LogP contribution in [0.2, 0.25) is 0 Å². The minimum Gasteiger partial charge on any atom is -0.462 e. The molecule has 0 aliphatic carbocycles. The Balaban J connectivity index is 2.33. The Kier molecular flexibility index (Phi) is 5.55. The average Bonchev–Trinajstić information content (AvgIpc) is 2.92. The first-order chi connectivity index (χ1) is 10.9. The number of anilines is 1. The van der Waals surface area contributed by atoms with Crippen molar-refractivity contribution in [1.82, 2.24) is 0 Å². The van der Waals surface area contributed by atoms with Crippen LogP contribution in [0, 0.1) is 6.92 Å². The van der Waals surface area contributed by atoms with Gasteiger partial charge in [-0.3, -0.25) is 4.79 Å². The Hall–Kier alpha value is -2.14. The predicted octanol–water partition coefficient (Wildman–Crippen LogP) is 4.61. The minimum absolute atomic E-state index is 0.217. The van der Waals surface area contributed by atoms with E-state index in [-0.39, 0.29) is 11.8 Å². The van der Waals surface area contributed by atoms with Crippen molar-refractivity contribution in [1.29, 1.82) is 0 Å². The summed E-state index contributed by atoms with van der Waals surface area (Å²) in [5.74, 6) is -0.348. The molecule has 0 unspecified atom stereocenters. The van der Waals surface area contributed by atoms with E-state index in [1.54, 1.807) is 19.1 Å². The van der Waals surface area contributed by atoms with Crippen LogP contribution in [0.4, 0.5) is 5.00 Å². The number of ether oxygens (including phenoxy) is 1. The van der Waals surface area contributed by atoms with E-state index in [9.17, 15) is 9.59 Å². The van der Waals surface area contributed by atoms with Gasteiger partial charge in [0.2, 0.25) is 0 Å². The van der Waals surface area contributed by atoms with Crippen molar-refractivity contribution in [2.45, 2.75) is 33.6 Å². The van der Waals surface area contributed by atoms with Gasteiger partial charge in [-0.2, -0.15) is 0 Å². The SMILES string of the molecule is CCOC(=O)c1cc(C(C)C)sc1NC(=O)c1ccccc1C. The molecule has 1 heterocycles. The Labute approximate surface area is 140 Å². The lowest BCUT2D eigenvalue weighted by molar-refractivity contribution is 0.0528. The lowest BCUT2D eigenvalue weighted by atomic mass is 10.1. The van der Waals surface area contributed by atoms with E-state index in [0.717, 1.165) is 10.4 Å². The zero-order valence-corrected chi connectivity index (χ0v) is 14.6. The normalized spacial score (nSPS) is 10.7. The molecular formula is C18H21NO3S. The van der Waals surface area contributed by atoms with Gasteiger partial charge in [-0.25, -0.2) is 4.79 Å². The summed E-state index contributed by atoms with van der Waals surface area (Å²) in [6.45, 7) is 8.05. The van der Waals surface area contributed by atoms with Gasteiger partial charge >= 0.3 is 5.97 Å². The zero-order chi connectivity index (χ0) is 17.0. The molecule has 1 N–H and O–H groups in total. The quantitative estimate of drug-likeness (QED) is 0.814. The second-order valence-corrected chi connectivity index (χ2v) is 6.62. The van der Waals surface area contributed by atoms with E-state index in [1.807, 2.05) is 39.0 Å². The molecule has 5 heteroatoms. The molecule has 4 nitrogen and oxygen atoms in total. The third-order valence-corrected chi connectivity index (χ3v) is 4.78. The predicted molar refractivity (Wildman–Crippen MR) is 93.5 cm³/mol. The maximum Gasteiger partial charge on any atom is 0.341 e. The first-order valence-electron chi connectivity index (χ1n) is 7.61. The molecule has 0 atom stereocenters. The average molecular weight is 331 g/mol. The molecule has 0 fully saturated rings. The van der Waals surface area contributed by atoms with Crippen LogP contribution >= 0.6 is 11.3 Å². The van der Waals surface area contributed by atoms with Gasteiger partial charge in [0, 0.05) is 10.4 Å². The number of hydrogen-bond acceptors (Lipinski definition) is 4. The second-order valence-electron chi connectivity index (χ2n) is 5.54. The maximum atomic E-state index is 12.5. The highest BCUT2D eigenvalue weighted by atomic mass is 32.1. The van der Waals surface area contributed by atoms with Crippen molar-refractivity contribution in [3.8, 4) is 0 Å². The van der Waals surface area contributed by atoms with E-state index >= 15 is 0 Å². The van der Waals surface area contributed by atoms with Crippen LogP contribution in [0.3, 0.4) is 0 Å². The maximum absolute atomic E-state index is 12.5. The summed E-state index contributed by atoms with van der Waals surface area (Å²) < 4.78 is 5.09. The number of thiophene rings is 1. The van der Waals surface area contributed by atoms with Crippen LogP contribution in [0.1, 0.15) is 57.8 Å². The summed E-state index contributed by atoms with van der Waals surface area (Å²) >= 11 is 1.42. The van der Waals surface area contributed by atoms with Crippen LogP contribution in [0.15, 0.2) is 30.3 Å². The van der Waals surface area contributed by atoms with Crippen molar-refractivity contribution < 1.29 is 14.3 Å². The number of benzene rings is 1. The Bertz CT molecular complexity index is 719. The van der Waals surface area contributed by atoms with Crippen molar-refractivity contribution in [2.75, 3.05) is 11.9 Å². The van der Waals surface area contributed by atoms with Gasteiger partial charge in [0.15, 0.2) is 0 Å². The summed E-state index contributed by atoms with van der Waals surface area (Å²) in [6.07, 6.45) is 0. The summed E-state index contributed by atoms with van der Waals surface area (Å²) in [6, 6.07) is 9.17. The second kappa shape index (κ2) is 7.42. The smallest absolute Gasteiger partial charge is 0.341 e. The third kappa shape index (κ3) is 3.99. The zero-order valence-electron chi connectivity index (χ0n) is 13.8. The number of nitrogens with one attached hydrogen (secondary N) is 1. The van der Waals surface area contributed by atoms with E-state index < -0.39 is 5.97 Å². The molecule has 23 heavy (non-hydrogen) atoms. The van der Waals surface area contributed by atoms with Gasteiger partial charge < -0.3 is 10.1 Å². The number of rotatable bonds is 5.